The number of hydrogen-bond donors (Lipinski definition) is 4. The highest BCUT2D eigenvalue weighted by molar-refractivity contribution is 5.91. The highest BCUT2D eigenvalue weighted by atomic mass is 16.6. The van der Waals surface area contributed by atoms with Crippen molar-refractivity contribution in [3.63, 3.8) is 0 Å². The maximum atomic E-state index is 12.5. The number of amides is 5. The van der Waals surface area contributed by atoms with E-state index in [1.807, 2.05) is 0 Å². The fourth-order valence-corrected chi connectivity index (χ4v) is 2.69. The summed E-state index contributed by atoms with van der Waals surface area (Å²) in [6.45, 7) is 11.2. The van der Waals surface area contributed by atoms with Crippen LogP contribution in [0.5, 0.6) is 0 Å². The lowest BCUT2D eigenvalue weighted by Gasteiger charge is -2.36. The Kier molecular flexibility index (Phi) is 10.9. The fourth-order valence-electron chi connectivity index (χ4n) is 2.69. The molecule has 0 aromatic carbocycles. The third-order valence-electron chi connectivity index (χ3n) is 4.45. The largest absolute Gasteiger partial charge is 0.465 e. The van der Waals surface area contributed by atoms with E-state index in [0.29, 0.717) is 26.2 Å². The van der Waals surface area contributed by atoms with Crippen molar-refractivity contribution in [1.82, 2.24) is 31.3 Å². The van der Waals surface area contributed by atoms with Crippen LogP contribution < -0.4 is 21.5 Å². The van der Waals surface area contributed by atoms with Crippen LogP contribution in [0.3, 0.4) is 0 Å². The van der Waals surface area contributed by atoms with Gasteiger partial charge in [0.15, 0.2) is 0 Å². The summed E-state index contributed by atoms with van der Waals surface area (Å²) in [7, 11) is 0. The molecular weight excluding hydrogens is 436 g/mol. The molecule has 0 unspecified atom stereocenters. The molecule has 0 bridgehead atoms. The van der Waals surface area contributed by atoms with Crippen LogP contribution in [-0.4, -0.2) is 96.7 Å². The summed E-state index contributed by atoms with van der Waals surface area (Å²) in [6, 6.07) is -2.26. The number of ether oxygens (including phenoxy) is 2. The predicted octanol–water partition coefficient (Wildman–Crippen LogP) is -0.674. The minimum Gasteiger partial charge on any atom is -0.465 e. The summed E-state index contributed by atoms with van der Waals surface area (Å²) in [4.78, 5) is 63.2. The van der Waals surface area contributed by atoms with E-state index < -0.39 is 47.6 Å². The van der Waals surface area contributed by atoms with Gasteiger partial charge < -0.3 is 29.9 Å². The van der Waals surface area contributed by atoms with Crippen LogP contribution in [-0.2, 0) is 23.9 Å². The topological polar surface area (TPSA) is 158 Å². The average molecular weight is 473 g/mol. The second kappa shape index (κ2) is 12.8. The molecule has 13 heteroatoms. The molecule has 1 saturated heterocycles. The van der Waals surface area contributed by atoms with E-state index >= 15 is 0 Å². The number of nitrogens with one attached hydrogen (secondary N) is 4. The Hall–Kier alpha value is -3.09. The first-order valence-corrected chi connectivity index (χ1v) is 10.9. The number of piperazine rings is 1. The molecule has 0 spiro atoms. The third kappa shape index (κ3) is 10.4. The van der Waals surface area contributed by atoms with Gasteiger partial charge in [-0.1, -0.05) is 0 Å². The zero-order valence-electron chi connectivity index (χ0n) is 20.1. The molecule has 4 N–H and O–H groups in total. The lowest BCUT2D eigenvalue weighted by atomic mass is 10.2. The molecule has 1 heterocycles. The van der Waals surface area contributed by atoms with Gasteiger partial charge in [-0.25, -0.2) is 15.0 Å². The minimum atomic E-state index is -0.913. The molecule has 1 fully saturated rings. The molecule has 0 aromatic rings. The van der Waals surface area contributed by atoms with E-state index in [4.69, 9.17) is 9.47 Å². The van der Waals surface area contributed by atoms with Gasteiger partial charge in [0.2, 0.25) is 5.91 Å². The fraction of sp³-hybridized carbons (Fsp3) is 0.750. The van der Waals surface area contributed by atoms with Crippen molar-refractivity contribution < 1.29 is 33.4 Å². The number of hydrogen-bond acceptors (Lipinski definition) is 8. The van der Waals surface area contributed by atoms with E-state index in [1.54, 1.807) is 27.7 Å². The van der Waals surface area contributed by atoms with Crippen LogP contribution >= 0.6 is 0 Å². The van der Waals surface area contributed by atoms with Crippen molar-refractivity contribution in [1.29, 1.82) is 0 Å². The Bertz CT molecular complexity index is 716. The number of esters is 1. The average Bonchev–Trinajstić information content (AvgIpc) is 2.72. The quantitative estimate of drug-likeness (QED) is 0.267. The molecule has 1 aliphatic rings. The SMILES string of the molecule is CCOC(=O)CNNC(=O)[C@H](C)NC(=O)[C@H](C)NC(=O)N1CCN(C(=O)OC(C)(C)C)CC1. The molecule has 13 nitrogen and oxygen atoms in total. The second-order valence-electron chi connectivity index (χ2n) is 8.50. The second-order valence-corrected chi connectivity index (χ2v) is 8.50. The van der Waals surface area contributed by atoms with Gasteiger partial charge in [0, 0.05) is 26.2 Å². The zero-order chi connectivity index (χ0) is 25.2. The molecule has 5 amide bonds. The number of rotatable bonds is 8. The van der Waals surface area contributed by atoms with Gasteiger partial charge in [-0.05, 0) is 41.5 Å². The molecule has 33 heavy (non-hydrogen) atoms. The Morgan fingerprint density at radius 1 is 0.879 bits per heavy atom. The maximum Gasteiger partial charge on any atom is 0.410 e. The van der Waals surface area contributed by atoms with Crippen LogP contribution in [0.2, 0.25) is 0 Å². The molecule has 1 aliphatic heterocycles. The van der Waals surface area contributed by atoms with Crippen molar-refractivity contribution in [3.8, 4) is 0 Å². The molecule has 2 atom stereocenters. The van der Waals surface area contributed by atoms with Gasteiger partial charge in [-0.2, -0.15) is 0 Å². The van der Waals surface area contributed by atoms with Crippen molar-refractivity contribution >= 4 is 29.9 Å². The summed E-state index contributed by atoms with van der Waals surface area (Å²) < 4.78 is 10.0. The maximum absolute atomic E-state index is 12.5. The van der Waals surface area contributed by atoms with Gasteiger partial charge >= 0.3 is 18.1 Å². The van der Waals surface area contributed by atoms with Crippen molar-refractivity contribution in [2.75, 3.05) is 39.3 Å². The van der Waals surface area contributed by atoms with Gasteiger partial charge in [0.25, 0.3) is 5.91 Å². The van der Waals surface area contributed by atoms with Crippen LogP contribution in [0.15, 0.2) is 0 Å². The zero-order valence-corrected chi connectivity index (χ0v) is 20.1. The highest BCUT2D eigenvalue weighted by Crippen LogP contribution is 2.12. The molecular formula is C20H36N6O7. The van der Waals surface area contributed by atoms with Crippen LogP contribution in [0.1, 0.15) is 41.5 Å². The number of nitrogens with zero attached hydrogens (tertiary/aromatic N) is 2. The smallest absolute Gasteiger partial charge is 0.410 e. The summed E-state index contributed by atoms with van der Waals surface area (Å²) in [5.74, 6) is -1.65. The summed E-state index contributed by atoms with van der Waals surface area (Å²) >= 11 is 0. The molecule has 0 saturated carbocycles. The standard InChI is InChI=1S/C20H36N6O7/c1-7-32-15(27)12-21-24-17(29)14(3)22-16(28)13(2)23-18(30)25-8-10-26(11-9-25)19(31)33-20(4,5)6/h13-14,21H,7-12H2,1-6H3,(H,22,28)(H,23,30)(H,24,29)/t13-,14-/m0/s1. The number of carbonyl (C=O) groups is 5. The Morgan fingerprint density at radius 3 is 1.97 bits per heavy atom. The van der Waals surface area contributed by atoms with E-state index in [9.17, 15) is 24.0 Å². The first-order chi connectivity index (χ1) is 15.3. The van der Waals surface area contributed by atoms with Gasteiger partial charge in [0.1, 0.15) is 24.2 Å². The highest BCUT2D eigenvalue weighted by Gasteiger charge is 2.29. The minimum absolute atomic E-state index is 0.214. The predicted molar refractivity (Wildman–Crippen MR) is 118 cm³/mol. The van der Waals surface area contributed by atoms with Gasteiger partial charge in [0.05, 0.1) is 6.61 Å². The van der Waals surface area contributed by atoms with Gasteiger partial charge in [-0.3, -0.25) is 19.8 Å². The summed E-state index contributed by atoms with van der Waals surface area (Å²) in [5.41, 5.74) is 4.11. The van der Waals surface area contributed by atoms with Crippen molar-refractivity contribution in [2.45, 2.75) is 59.2 Å². The molecule has 1 rings (SSSR count). The molecule has 188 valence electrons. The van der Waals surface area contributed by atoms with Gasteiger partial charge in [-0.15, -0.1) is 0 Å². The molecule has 0 aliphatic carbocycles. The molecule has 0 radical (unpaired) electrons. The Labute approximate surface area is 193 Å². The lowest BCUT2D eigenvalue weighted by Crippen LogP contribution is -2.58. The first kappa shape index (κ1) is 27.9. The van der Waals surface area contributed by atoms with Crippen LogP contribution in [0, 0.1) is 0 Å². The first-order valence-electron chi connectivity index (χ1n) is 10.9. The van der Waals surface area contributed by atoms with E-state index in [1.165, 1.54) is 23.6 Å². The monoisotopic (exact) mass is 472 g/mol. The normalized spacial score (nSPS) is 15.7. The summed E-state index contributed by atoms with van der Waals surface area (Å²) in [6.07, 6.45) is -0.431. The van der Waals surface area contributed by atoms with Crippen molar-refractivity contribution in [2.24, 2.45) is 0 Å². The van der Waals surface area contributed by atoms with E-state index in [2.05, 4.69) is 21.5 Å². The van der Waals surface area contributed by atoms with Crippen LogP contribution in [0.4, 0.5) is 9.59 Å². The number of carbonyl (C=O) groups excluding carboxylic acids is 5. The molecule has 0 aromatic heterocycles. The number of hydrazine groups is 1. The summed E-state index contributed by atoms with van der Waals surface area (Å²) in [5, 5.41) is 5.06. The van der Waals surface area contributed by atoms with Crippen LogP contribution in [0.25, 0.3) is 0 Å². The van der Waals surface area contributed by atoms with Crippen molar-refractivity contribution in [3.05, 3.63) is 0 Å². The Morgan fingerprint density at radius 2 is 1.42 bits per heavy atom. The number of urea groups is 1. The lowest BCUT2D eigenvalue weighted by molar-refractivity contribution is -0.142. The van der Waals surface area contributed by atoms with E-state index in [-0.39, 0.29) is 13.2 Å². The van der Waals surface area contributed by atoms with E-state index in [0.717, 1.165) is 0 Å². The Balaban J connectivity index is 2.39. The third-order valence-corrected chi connectivity index (χ3v) is 4.45.